The summed E-state index contributed by atoms with van der Waals surface area (Å²) in [5.41, 5.74) is 1.50. The normalized spacial score (nSPS) is 13.7. The minimum Gasteiger partial charge on any atom is -0.496 e. The smallest absolute Gasteiger partial charge is 0.257 e. The van der Waals surface area contributed by atoms with E-state index in [4.69, 9.17) is 4.74 Å². The third kappa shape index (κ3) is 3.71. The molecule has 0 fully saturated rings. The number of aromatic nitrogens is 1. The number of methoxy groups -OCH3 is 1. The van der Waals surface area contributed by atoms with E-state index in [1.165, 1.54) is 25.3 Å². The predicted octanol–water partition coefficient (Wildman–Crippen LogP) is 1.07. The molecule has 0 unspecified atom stereocenters. The summed E-state index contributed by atoms with van der Waals surface area (Å²) in [6, 6.07) is 7.39. The Morgan fingerprint density at radius 1 is 1.36 bits per heavy atom. The minimum atomic E-state index is -0.351. The second-order valence-corrected chi connectivity index (χ2v) is 5.84. The Morgan fingerprint density at radius 3 is 2.96 bits per heavy atom. The first-order valence-electron chi connectivity index (χ1n) is 8.14. The van der Waals surface area contributed by atoms with Crippen molar-refractivity contribution in [3.63, 3.8) is 0 Å². The van der Waals surface area contributed by atoms with Crippen molar-refractivity contribution in [3.8, 4) is 5.75 Å². The fourth-order valence-electron chi connectivity index (χ4n) is 3.02. The van der Waals surface area contributed by atoms with Gasteiger partial charge in [-0.1, -0.05) is 12.1 Å². The molecule has 0 aliphatic carbocycles. The summed E-state index contributed by atoms with van der Waals surface area (Å²) < 4.78 is 20.2. The van der Waals surface area contributed by atoms with Crippen LogP contribution in [0.25, 0.3) is 0 Å². The van der Waals surface area contributed by atoms with Crippen LogP contribution in [0, 0.1) is 5.82 Å². The fourth-order valence-corrected chi connectivity index (χ4v) is 3.02. The number of fused-ring (bicyclic) bond motifs is 1. The molecule has 1 aliphatic heterocycles. The van der Waals surface area contributed by atoms with E-state index in [-0.39, 0.29) is 29.6 Å². The van der Waals surface area contributed by atoms with E-state index in [2.05, 4.69) is 10.6 Å². The zero-order valence-corrected chi connectivity index (χ0v) is 14.0. The van der Waals surface area contributed by atoms with Crippen LogP contribution in [-0.2, 0) is 19.5 Å². The molecule has 0 saturated heterocycles. The lowest BCUT2D eigenvalue weighted by Gasteiger charge is -2.17. The van der Waals surface area contributed by atoms with Gasteiger partial charge in [0.2, 0.25) is 0 Å². The highest BCUT2D eigenvalue weighted by atomic mass is 19.1. The van der Waals surface area contributed by atoms with Crippen molar-refractivity contribution in [2.45, 2.75) is 19.5 Å². The molecule has 1 aliphatic rings. The lowest BCUT2D eigenvalue weighted by Crippen LogP contribution is -2.31. The van der Waals surface area contributed by atoms with Crippen LogP contribution in [0.1, 0.15) is 21.6 Å². The Labute approximate surface area is 144 Å². The van der Waals surface area contributed by atoms with Gasteiger partial charge in [-0.2, -0.15) is 0 Å². The molecule has 0 atom stereocenters. The molecule has 2 aromatic rings. The van der Waals surface area contributed by atoms with Crippen molar-refractivity contribution in [2.75, 3.05) is 20.2 Å². The van der Waals surface area contributed by atoms with Crippen LogP contribution in [0.2, 0.25) is 0 Å². The van der Waals surface area contributed by atoms with Crippen molar-refractivity contribution >= 4 is 5.91 Å². The summed E-state index contributed by atoms with van der Waals surface area (Å²) in [7, 11) is 1.43. The van der Waals surface area contributed by atoms with E-state index in [0.717, 1.165) is 0 Å². The molecule has 1 amide bonds. The maximum atomic E-state index is 13.3. The van der Waals surface area contributed by atoms with Gasteiger partial charge in [-0.15, -0.1) is 0 Å². The number of pyridine rings is 1. The Morgan fingerprint density at radius 2 is 2.20 bits per heavy atom. The summed E-state index contributed by atoms with van der Waals surface area (Å²) >= 11 is 0. The number of benzene rings is 1. The summed E-state index contributed by atoms with van der Waals surface area (Å²) in [5, 5.41) is 6.00. The van der Waals surface area contributed by atoms with Gasteiger partial charge in [0, 0.05) is 44.4 Å². The molecule has 6 nitrogen and oxygen atoms in total. The first-order valence-corrected chi connectivity index (χ1v) is 8.14. The fraction of sp³-hybridized carbons (Fsp3) is 0.333. The number of carbonyl (C=O) groups is 1. The molecule has 0 bridgehead atoms. The Hall–Kier alpha value is -2.67. The van der Waals surface area contributed by atoms with Gasteiger partial charge in [0.05, 0.1) is 7.11 Å². The highest BCUT2D eigenvalue weighted by molar-refractivity contribution is 5.98. The second-order valence-electron chi connectivity index (χ2n) is 5.84. The molecule has 7 heteroatoms. The molecule has 2 heterocycles. The average Bonchev–Trinajstić information content (AvgIpc) is 2.86. The molecule has 0 spiro atoms. The molecule has 1 aromatic heterocycles. The summed E-state index contributed by atoms with van der Waals surface area (Å²) in [5.74, 6) is -0.433. The van der Waals surface area contributed by atoms with Gasteiger partial charge in [0.15, 0.2) is 0 Å². The van der Waals surface area contributed by atoms with Gasteiger partial charge >= 0.3 is 0 Å². The number of nitrogens with zero attached hydrogens (tertiary/aromatic N) is 1. The van der Waals surface area contributed by atoms with E-state index < -0.39 is 0 Å². The van der Waals surface area contributed by atoms with E-state index in [0.29, 0.717) is 42.9 Å². The largest absolute Gasteiger partial charge is 0.496 e. The van der Waals surface area contributed by atoms with Crippen LogP contribution in [-0.4, -0.2) is 30.7 Å². The van der Waals surface area contributed by atoms with Gasteiger partial charge in [-0.25, -0.2) is 4.39 Å². The van der Waals surface area contributed by atoms with Gasteiger partial charge in [-0.3, -0.25) is 9.59 Å². The molecule has 3 rings (SSSR count). The number of ether oxygens (including phenoxy) is 1. The van der Waals surface area contributed by atoms with Gasteiger partial charge in [0.25, 0.3) is 11.5 Å². The highest BCUT2D eigenvalue weighted by Crippen LogP contribution is 2.22. The van der Waals surface area contributed by atoms with E-state index in [1.807, 2.05) is 0 Å². The first kappa shape index (κ1) is 17.2. The van der Waals surface area contributed by atoms with E-state index in [9.17, 15) is 14.0 Å². The molecule has 0 radical (unpaired) electrons. The quantitative estimate of drug-likeness (QED) is 0.870. The molecular formula is C18H20FN3O3. The van der Waals surface area contributed by atoms with Crippen LogP contribution in [0.15, 0.2) is 35.1 Å². The molecule has 1 aromatic carbocycles. The summed E-state index contributed by atoms with van der Waals surface area (Å²) in [6.45, 7) is 2.04. The minimum absolute atomic E-state index is 0.183. The van der Waals surface area contributed by atoms with Crippen molar-refractivity contribution in [3.05, 3.63) is 63.3 Å². The van der Waals surface area contributed by atoms with Gasteiger partial charge < -0.3 is 19.9 Å². The van der Waals surface area contributed by atoms with Crippen LogP contribution in [0.5, 0.6) is 5.75 Å². The molecular weight excluding hydrogens is 325 g/mol. The SMILES string of the molecule is COc1cc(=O)n2c(c1C(=O)NCc1cccc(F)c1)CCNCC2. The lowest BCUT2D eigenvalue weighted by atomic mass is 10.1. The Bertz CT molecular complexity index is 848. The van der Waals surface area contributed by atoms with Crippen molar-refractivity contribution in [1.29, 1.82) is 0 Å². The number of nitrogens with one attached hydrogen (secondary N) is 2. The third-order valence-corrected chi connectivity index (χ3v) is 4.22. The number of rotatable bonds is 4. The molecule has 2 N–H and O–H groups in total. The van der Waals surface area contributed by atoms with E-state index in [1.54, 1.807) is 16.7 Å². The topological polar surface area (TPSA) is 72.4 Å². The van der Waals surface area contributed by atoms with Gasteiger partial charge in [-0.05, 0) is 17.7 Å². The Kier molecular flexibility index (Phi) is 5.14. The standard InChI is InChI=1S/C18H20FN3O3/c1-25-15-10-16(23)22-8-7-20-6-5-14(22)17(15)18(24)21-11-12-3-2-4-13(19)9-12/h2-4,9-10,20H,5-8,11H2,1H3,(H,21,24). The van der Waals surface area contributed by atoms with Crippen LogP contribution >= 0.6 is 0 Å². The lowest BCUT2D eigenvalue weighted by molar-refractivity contribution is 0.0945. The van der Waals surface area contributed by atoms with Crippen molar-refractivity contribution < 1.29 is 13.9 Å². The number of hydrogen-bond acceptors (Lipinski definition) is 4. The molecule has 0 saturated carbocycles. The summed E-state index contributed by atoms with van der Waals surface area (Å²) in [4.78, 5) is 25.0. The van der Waals surface area contributed by atoms with Crippen LogP contribution in [0.4, 0.5) is 4.39 Å². The zero-order chi connectivity index (χ0) is 17.8. The predicted molar refractivity (Wildman–Crippen MR) is 91.4 cm³/mol. The maximum absolute atomic E-state index is 13.3. The third-order valence-electron chi connectivity index (χ3n) is 4.22. The zero-order valence-electron chi connectivity index (χ0n) is 14.0. The van der Waals surface area contributed by atoms with Crippen molar-refractivity contribution in [2.24, 2.45) is 0 Å². The van der Waals surface area contributed by atoms with Crippen LogP contribution in [0.3, 0.4) is 0 Å². The summed E-state index contributed by atoms with van der Waals surface area (Å²) in [6.07, 6.45) is 0.551. The highest BCUT2D eigenvalue weighted by Gasteiger charge is 2.23. The average molecular weight is 345 g/mol. The Balaban J connectivity index is 1.92. The number of halogens is 1. The molecule has 25 heavy (non-hydrogen) atoms. The van der Waals surface area contributed by atoms with Crippen molar-refractivity contribution in [1.82, 2.24) is 15.2 Å². The molecule has 132 valence electrons. The number of amides is 1. The monoisotopic (exact) mass is 345 g/mol. The van der Waals surface area contributed by atoms with Crippen LogP contribution < -0.4 is 20.9 Å². The second kappa shape index (κ2) is 7.48. The maximum Gasteiger partial charge on any atom is 0.257 e. The number of carbonyl (C=O) groups excluding carboxylic acids is 1. The first-order chi connectivity index (χ1) is 12.1. The number of hydrogen-bond donors (Lipinski definition) is 2. The van der Waals surface area contributed by atoms with Gasteiger partial charge in [0.1, 0.15) is 17.1 Å². The van der Waals surface area contributed by atoms with E-state index >= 15 is 0 Å².